The quantitative estimate of drug-likeness (QED) is 0.821. The fraction of sp³-hybridized carbons (Fsp3) is 0.647. The summed E-state index contributed by atoms with van der Waals surface area (Å²) in [7, 11) is 0. The maximum atomic E-state index is 6.23. The second kappa shape index (κ2) is 6.36. The smallest absolute Gasteiger partial charge is 0.125 e. The summed E-state index contributed by atoms with van der Waals surface area (Å²) >= 11 is 6.23. The zero-order chi connectivity index (χ0) is 13.9. The number of fused-ring (bicyclic) bond motifs is 1. The largest absolute Gasteiger partial charge is 0.493 e. The van der Waals surface area contributed by atoms with Crippen LogP contribution in [0, 0.1) is 5.92 Å². The van der Waals surface area contributed by atoms with Crippen LogP contribution in [0.1, 0.15) is 43.7 Å². The lowest BCUT2D eigenvalue weighted by Crippen LogP contribution is -2.32. The van der Waals surface area contributed by atoms with Crippen molar-refractivity contribution < 1.29 is 4.74 Å². The van der Waals surface area contributed by atoms with E-state index in [1.807, 2.05) is 0 Å². The van der Waals surface area contributed by atoms with Crippen molar-refractivity contribution in [2.45, 2.75) is 51.5 Å². The highest BCUT2D eigenvalue weighted by Crippen LogP contribution is 2.37. The number of aryl methyl sites for hydroxylation is 1. The second-order valence-corrected chi connectivity index (χ2v) is 6.52. The number of hydrogen-bond donors (Lipinski definition) is 1. The van der Waals surface area contributed by atoms with E-state index >= 15 is 0 Å². The summed E-state index contributed by atoms with van der Waals surface area (Å²) in [5, 5.41) is 4.57. The highest BCUT2D eigenvalue weighted by molar-refractivity contribution is 6.30. The Hall–Kier alpha value is -0.730. The van der Waals surface area contributed by atoms with E-state index in [0.717, 1.165) is 42.7 Å². The van der Waals surface area contributed by atoms with Crippen molar-refractivity contribution in [2.24, 2.45) is 5.92 Å². The molecule has 1 fully saturated rings. The molecule has 1 aliphatic heterocycles. The first kappa shape index (κ1) is 14.2. The van der Waals surface area contributed by atoms with E-state index in [2.05, 4.69) is 24.4 Å². The Morgan fingerprint density at radius 1 is 1.40 bits per heavy atom. The number of benzene rings is 1. The zero-order valence-corrected chi connectivity index (χ0v) is 13.0. The molecule has 1 N–H and O–H groups in total. The summed E-state index contributed by atoms with van der Waals surface area (Å²) in [6, 6.07) is 4.82. The molecule has 0 bridgehead atoms. The van der Waals surface area contributed by atoms with E-state index in [4.69, 9.17) is 16.3 Å². The van der Waals surface area contributed by atoms with Gasteiger partial charge in [0.2, 0.25) is 0 Å². The van der Waals surface area contributed by atoms with Crippen LogP contribution in [0.25, 0.3) is 0 Å². The molecule has 3 rings (SSSR count). The van der Waals surface area contributed by atoms with Crippen molar-refractivity contribution in [2.75, 3.05) is 13.2 Å². The first-order valence-electron chi connectivity index (χ1n) is 7.95. The molecule has 3 heteroatoms. The molecular formula is C17H24ClNO. The number of rotatable bonds is 7. The lowest BCUT2D eigenvalue weighted by atomic mass is 9.99. The van der Waals surface area contributed by atoms with E-state index in [-0.39, 0.29) is 0 Å². The van der Waals surface area contributed by atoms with E-state index in [1.165, 1.54) is 36.8 Å². The molecule has 1 heterocycles. The maximum absolute atomic E-state index is 6.23. The summed E-state index contributed by atoms with van der Waals surface area (Å²) < 4.78 is 5.80. The third kappa shape index (κ3) is 3.29. The molecule has 1 saturated carbocycles. The summed E-state index contributed by atoms with van der Waals surface area (Å²) in [5.74, 6) is 2.01. The van der Waals surface area contributed by atoms with Crippen LogP contribution in [0.5, 0.6) is 5.75 Å². The van der Waals surface area contributed by atoms with Gasteiger partial charge in [0, 0.05) is 17.5 Å². The molecule has 1 aromatic rings. The normalized spacial score (nSPS) is 18.7. The van der Waals surface area contributed by atoms with E-state index in [9.17, 15) is 0 Å². The predicted octanol–water partition coefficient (Wildman–Crippen LogP) is 3.99. The van der Waals surface area contributed by atoms with Gasteiger partial charge < -0.3 is 10.1 Å². The van der Waals surface area contributed by atoms with Gasteiger partial charge in [0.1, 0.15) is 5.75 Å². The van der Waals surface area contributed by atoms with Crippen molar-refractivity contribution in [1.29, 1.82) is 0 Å². The molecule has 0 saturated heterocycles. The van der Waals surface area contributed by atoms with E-state index < -0.39 is 0 Å². The lowest BCUT2D eigenvalue weighted by molar-refractivity contribution is 0.351. The molecule has 1 aliphatic carbocycles. The summed E-state index contributed by atoms with van der Waals surface area (Å²) in [6.07, 6.45) is 7.26. The topological polar surface area (TPSA) is 21.3 Å². The van der Waals surface area contributed by atoms with Crippen molar-refractivity contribution in [3.05, 3.63) is 28.3 Å². The Morgan fingerprint density at radius 2 is 2.25 bits per heavy atom. The molecule has 2 aliphatic rings. The molecular weight excluding hydrogens is 270 g/mol. The van der Waals surface area contributed by atoms with Crippen LogP contribution in [0.2, 0.25) is 5.02 Å². The zero-order valence-electron chi connectivity index (χ0n) is 12.3. The van der Waals surface area contributed by atoms with Gasteiger partial charge in [0.15, 0.2) is 0 Å². The minimum Gasteiger partial charge on any atom is -0.493 e. The van der Waals surface area contributed by atoms with E-state index in [1.54, 1.807) is 0 Å². The molecule has 1 atom stereocenters. The second-order valence-electron chi connectivity index (χ2n) is 6.09. The summed E-state index contributed by atoms with van der Waals surface area (Å²) in [4.78, 5) is 0. The minimum absolute atomic E-state index is 0.672. The first-order chi connectivity index (χ1) is 9.78. The molecule has 2 nitrogen and oxygen atoms in total. The third-order valence-corrected chi connectivity index (χ3v) is 4.62. The van der Waals surface area contributed by atoms with Crippen molar-refractivity contribution in [3.63, 3.8) is 0 Å². The predicted molar refractivity (Wildman–Crippen MR) is 83.8 cm³/mol. The standard InChI is InChI=1S/C17H24ClNO/c1-2-8-19-16(12-3-4-12)6-5-13-10-15(18)11-14-7-9-20-17(13)14/h10-12,16,19H,2-9H2,1H3. The van der Waals surface area contributed by atoms with Crippen molar-refractivity contribution in [1.82, 2.24) is 5.32 Å². The van der Waals surface area contributed by atoms with E-state index in [0.29, 0.717) is 6.04 Å². The summed E-state index contributed by atoms with van der Waals surface area (Å²) in [6.45, 7) is 4.17. The fourth-order valence-electron chi connectivity index (χ4n) is 3.18. The Bertz CT molecular complexity index is 470. The molecule has 0 aromatic heterocycles. The average Bonchev–Trinajstić information content (AvgIpc) is 3.16. The SMILES string of the molecule is CCCNC(CCc1cc(Cl)cc2c1OCC2)C1CC1. The monoisotopic (exact) mass is 293 g/mol. The minimum atomic E-state index is 0.672. The molecule has 1 unspecified atom stereocenters. The number of ether oxygens (including phenoxy) is 1. The molecule has 20 heavy (non-hydrogen) atoms. The van der Waals surface area contributed by atoms with Gasteiger partial charge in [0.05, 0.1) is 6.61 Å². The van der Waals surface area contributed by atoms with Gasteiger partial charge in [-0.3, -0.25) is 0 Å². The van der Waals surface area contributed by atoms with Crippen molar-refractivity contribution >= 4 is 11.6 Å². The van der Waals surface area contributed by atoms with Crippen LogP contribution in [-0.4, -0.2) is 19.2 Å². The third-order valence-electron chi connectivity index (χ3n) is 4.40. The highest BCUT2D eigenvalue weighted by Gasteiger charge is 2.30. The maximum Gasteiger partial charge on any atom is 0.125 e. The first-order valence-corrected chi connectivity index (χ1v) is 8.33. The number of hydrogen-bond acceptors (Lipinski definition) is 2. The van der Waals surface area contributed by atoms with Gasteiger partial charge >= 0.3 is 0 Å². The number of halogens is 1. The van der Waals surface area contributed by atoms with Crippen LogP contribution < -0.4 is 10.1 Å². The molecule has 0 spiro atoms. The van der Waals surface area contributed by atoms with Crippen molar-refractivity contribution in [3.8, 4) is 5.75 Å². The van der Waals surface area contributed by atoms with Gasteiger partial charge in [-0.25, -0.2) is 0 Å². The number of nitrogens with one attached hydrogen (secondary N) is 1. The Morgan fingerprint density at radius 3 is 3.00 bits per heavy atom. The van der Waals surface area contributed by atoms with Gasteiger partial charge in [-0.1, -0.05) is 18.5 Å². The molecule has 110 valence electrons. The van der Waals surface area contributed by atoms with Gasteiger partial charge in [-0.2, -0.15) is 0 Å². The van der Waals surface area contributed by atoms with Crippen LogP contribution in [-0.2, 0) is 12.8 Å². The Balaban J connectivity index is 1.65. The van der Waals surface area contributed by atoms with Gasteiger partial charge in [0.25, 0.3) is 0 Å². The fourth-order valence-corrected chi connectivity index (χ4v) is 3.44. The highest BCUT2D eigenvalue weighted by atomic mass is 35.5. The van der Waals surface area contributed by atoms with Crippen LogP contribution >= 0.6 is 11.6 Å². The van der Waals surface area contributed by atoms with Gasteiger partial charge in [-0.15, -0.1) is 0 Å². The van der Waals surface area contributed by atoms with Crippen LogP contribution in [0.3, 0.4) is 0 Å². The molecule has 0 amide bonds. The Kier molecular flexibility index (Phi) is 4.52. The van der Waals surface area contributed by atoms with Crippen LogP contribution in [0.4, 0.5) is 0 Å². The lowest BCUT2D eigenvalue weighted by Gasteiger charge is -2.18. The van der Waals surface area contributed by atoms with Crippen LogP contribution in [0.15, 0.2) is 12.1 Å². The average molecular weight is 294 g/mol. The Labute approximate surface area is 126 Å². The molecule has 0 radical (unpaired) electrons. The summed E-state index contributed by atoms with van der Waals surface area (Å²) in [5.41, 5.74) is 2.59. The molecule has 1 aromatic carbocycles. The van der Waals surface area contributed by atoms with Gasteiger partial charge in [-0.05, 0) is 67.8 Å².